The molecule has 0 fully saturated rings. The van der Waals surface area contributed by atoms with Gasteiger partial charge in [-0.2, -0.15) is 8.78 Å². The Hall–Kier alpha value is 0.0174. The second kappa shape index (κ2) is 6.26. The molecule has 0 radical (unpaired) electrons. The van der Waals surface area contributed by atoms with Crippen LogP contribution in [0, 0.1) is 0 Å². The number of halogens is 7. The van der Waals surface area contributed by atoms with Crippen LogP contribution in [0.5, 0.6) is 0 Å². The Morgan fingerprint density at radius 1 is 1.00 bits per heavy atom. The Kier molecular flexibility index (Phi) is 7.13. The monoisotopic (exact) mass is 284 g/mol. The zero-order chi connectivity index (χ0) is 13.3. The van der Waals surface area contributed by atoms with Gasteiger partial charge in [0.15, 0.2) is 6.17 Å². The Morgan fingerprint density at radius 2 is 1.35 bits per heavy atom. The number of rotatable bonds is 5. The summed E-state index contributed by atoms with van der Waals surface area (Å²) >= 11 is 0. The van der Waals surface area contributed by atoms with E-state index in [1.165, 1.54) is 0 Å². The van der Waals surface area contributed by atoms with E-state index in [0.29, 0.717) is 0 Å². The molecule has 0 aliphatic rings. The van der Waals surface area contributed by atoms with Crippen LogP contribution in [0.15, 0.2) is 0 Å². The predicted octanol–water partition coefficient (Wildman–Crippen LogP) is -1.59. The molecular formula is C5H4F7LiO3S. The van der Waals surface area contributed by atoms with Gasteiger partial charge in [-0.25, -0.2) is 30.4 Å². The standard InChI is InChI=1S/C5H5F7O3S.Li/c6-1(3(8)9)2(7)5(11,12)4(10)16(13,14)15;/h1-4H,(H,13,14,15);/q;+1/p-1. The summed E-state index contributed by atoms with van der Waals surface area (Å²) in [6.07, 6.45) is -12.7. The van der Waals surface area contributed by atoms with Crippen LogP contribution in [0.1, 0.15) is 0 Å². The van der Waals surface area contributed by atoms with Crippen LogP contribution in [0.25, 0.3) is 0 Å². The van der Waals surface area contributed by atoms with E-state index in [0.717, 1.165) is 0 Å². The molecule has 0 aliphatic carbocycles. The average molecular weight is 284 g/mol. The van der Waals surface area contributed by atoms with Crippen molar-refractivity contribution >= 4 is 10.1 Å². The second-order valence-electron chi connectivity index (χ2n) is 2.66. The van der Waals surface area contributed by atoms with Crippen molar-refractivity contribution in [2.75, 3.05) is 0 Å². The molecule has 3 atom stereocenters. The van der Waals surface area contributed by atoms with Crippen molar-refractivity contribution in [2.24, 2.45) is 0 Å². The topological polar surface area (TPSA) is 57.2 Å². The van der Waals surface area contributed by atoms with Gasteiger partial charge < -0.3 is 4.55 Å². The molecule has 0 bridgehead atoms. The van der Waals surface area contributed by atoms with Crippen molar-refractivity contribution in [3.63, 3.8) is 0 Å². The smallest absolute Gasteiger partial charge is 0.746 e. The fourth-order valence-electron chi connectivity index (χ4n) is 0.658. The van der Waals surface area contributed by atoms with Crippen molar-refractivity contribution in [1.82, 2.24) is 0 Å². The molecule has 0 spiro atoms. The first-order chi connectivity index (χ1) is 6.92. The van der Waals surface area contributed by atoms with Crippen molar-refractivity contribution < 1.29 is 62.6 Å². The Morgan fingerprint density at radius 3 is 1.59 bits per heavy atom. The maximum Gasteiger partial charge on any atom is 1.00 e. The minimum Gasteiger partial charge on any atom is -0.746 e. The molecule has 3 unspecified atom stereocenters. The molecule has 0 N–H and O–H groups in total. The minimum absolute atomic E-state index is 0. The summed E-state index contributed by atoms with van der Waals surface area (Å²) in [5, 5.41) is 0. The van der Waals surface area contributed by atoms with Gasteiger partial charge >= 0.3 is 24.8 Å². The molecule has 0 aromatic carbocycles. The largest absolute Gasteiger partial charge is 1.00 e. The van der Waals surface area contributed by atoms with Crippen molar-refractivity contribution in [3.8, 4) is 0 Å². The van der Waals surface area contributed by atoms with Crippen LogP contribution in [0.4, 0.5) is 30.7 Å². The molecule has 98 valence electrons. The van der Waals surface area contributed by atoms with Gasteiger partial charge in [0.1, 0.15) is 10.1 Å². The summed E-state index contributed by atoms with van der Waals surface area (Å²) in [5.41, 5.74) is -4.63. The van der Waals surface area contributed by atoms with E-state index in [1.54, 1.807) is 0 Å². The van der Waals surface area contributed by atoms with Gasteiger partial charge in [-0.15, -0.1) is 0 Å². The third kappa shape index (κ3) is 4.65. The van der Waals surface area contributed by atoms with Crippen LogP contribution in [-0.4, -0.2) is 43.2 Å². The molecule has 3 nitrogen and oxygen atoms in total. The molecule has 0 aliphatic heterocycles. The first-order valence-electron chi connectivity index (χ1n) is 3.45. The normalized spacial score (nSPS) is 18.4. The van der Waals surface area contributed by atoms with E-state index in [1.807, 2.05) is 0 Å². The van der Waals surface area contributed by atoms with Gasteiger partial charge in [0, 0.05) is 0 Å². The Balaban J connectivity index is 0. The SMILES string of the molecule is O=S(=O)([O-])C(F)C(F)(F)C(F)C(F)C(F)F.[Li+]. The molecule has 12 heteroatoms. The summed E-state index contributed by atoms with van der Waals surface area (Å²) in [5.74, 6) is -5.68. The summed E-state index contributed by atoms with van der Waals surface area (Å²) in [7, 11) is -6.28. The Bertz CT molecular complexity index is 334. The van der Waals surface area contributed by atoms with E-state index < -0.39 is 40.3 Å². The fourth-order valence-corrected chi connectivity index (χ4v) is 1.17. The molecule has 0 aromatic heterocycles. The number of hydrogen-bond acceptors (Lipinski definition) is 3. The molecule has 0 amide bonds. The second-order valence-corrected chi connectivity index (χ2v) is 4.06. The minimum atomic E-state index is -6.28. The predicted molar refractivity (Wildman–Crippen MR) is 35.3 cm³/mol. The first kappa shape index (κ1) is 19.4. The van der Waals surface area contributed by atoms with Crippen LogP contribution in [-0.2, 0) is 10.1 Å². The van der Waals surface area contributed by atoms with Gasteiger partial charge in [0.2, 0.25) is 6.17 Å². The molecule has 0 rings (SSSR count). The summed E-state index contributed by atoms with van der Waals surface area (Å²) in [6.45, 7) is 0. The third-order valence-electron chi connectivity index (χ3n) is 1.44. The molecule has 0 saturated carbocycles. The average Bonchev–Trinajstić information content (AvgIpc) is 2.12. The quantitative estimate of drug-likeness (QED) is 0.347. The van der Waals surface area contributed by atoms with Crippen LogP contribution in [0.2, 0.25) is 0 Å². The molecule has 0 saturated heterocycles. The summed E-state index contributed by atoms with van der Waals surface area (Å²) in [4.78, 5) is 0. The van der Waals surface area contributed by atoms with E-state index in [-0.39, 0.29) is 18.9 Å². The van der Waals surface area contributed by atoms with E-state index in [9.17, 15) is 43.7 Å². The Labute approximate surface area is 103 Å². The summed E-state index contributed by atoms with van der Waals surface area (Å²) in [6, 6.07) is 0. The zero-order valence-corrected chi connectivity index (χ0v) is 8.90. The number of hydrogen-bond donors (Lipinski definition) is 0. The molecular weight excluding hydrogens is 280 g/mol. The van der Waals surface area contributed by atoms with E-state index in [2.05, 4.69) is 0 Å². The molecule has 17 heavy (non-hydrogen) atoms. The maximum absolute atomic E-state index is 12.4. The van der Waals surface area contributed by atoms with Gasteiger partial charge in [-0.3, -0.25) is 0 Å². The fraction of sp³-hybridized carbons (Fsp3) is 1.00. The maximum atomic E-state index is 12.4. The van der Waals surface area contributed by atoms with Crippen molar-refractivity contribution in [1.29, 1.82) is 0 Å². The molecule has 0 aromatic rings. The first-order valence-corrected chi connectivity index (χ1v) is 4.92. The van der Waals surface area contributed by atoms with Gasteiger partial charge in [0.05, 0.1) is 0 Å². The van der Waals surface area contributed by atoms with Gasteiger partial charge in [0.25, 0.3) is 11.9 Å². The van der Waals surface area contributed by atoms with Crippen LogP contribution < -0.4 is 18.9 Å². The third-order valence-corrected chi connectivity index (χ3v) is 2.27. The van der Waals surface area contributed by atoms with Gasteiger partial charge in [-0.05, 0) is 0 Å². The van der Waals surface area contributed by atoms with Crippen molar-refractivity contribution in [3.05, 3.63) is 0 Å². The summed E-state index contributed by atoms with van der Waals surface area (Å²) < 4.78 is 114. The number of alkyl halides is 7. The van der Waals surface area contributed by atoms with E-state index in [4.69, 9.17) is 0 Å². The van der Waals surface area contributed by atoms with Gasteiger partial charge in [-0.1, -0.05) is 0 Å². The van der Waals surface area contributed by atoms with Crippen LogP contribution in [0.3, 0.4) is 0 Å². The van der Waals surface area contributed by atoms with E-state index >= 15 is 0 Å². The molecule has 0 heterocycles. The zero-order valence-electron chi connectivity index (χ0n) is 8.09. The van der Waals surface area contributed by atoms with Crippen LogP contribution >= 0.6 is 0 Å². The van der Waals surface area contributed by atoms with Crippen molar-refractivity contribution in [2.45, 2.75) is 30.2 Å².